The number of nitrogens with one attached hydrogen (secondary N) is 1. The second-order valence-electron chi connectivity index (χ2n) is 4.41. The van der Waals surface area contributed by atoms with Gasteiger partial charge in [0.05, 0.1) is 6.10 Å². The van der Waals surface area contributed by atoms with Crippen LogP contribution in [0.2, 0.25) is 0 Å². The number of rotatable bonds is 4. The molecule has 16 heavy (non-hydrogen) atoms. The molecule has 0 spiro atoms. The molecule has 88 valence electrons. The molecule has 2 unspecified atom stereocenters. The van der Waals surface area contributed by atoms with Crippen molar-refractivity contribution in [1.82, 2.24) is 5.32 Å². The SMILES string of the molecule is CCC(O)CNC1CCc2c(O)cccc21. The van der Waals surface area contributed by atoms with Crippen molar-refractivity contribution in [3.8, 4) is 5.75 Å². The smallest absolute Gasteiger partial charge is 0.119 e. The fourth-order valence-electron chi connectivity index (χ4n) is 2.27. The lowest BCUT2D eigenvalue weighted by Gasteiger charge is -2.16. The van der Waals surface area contributed by atoms with Crippen LogP contribution in [0, 0.1) is 0 Å². The Kier molecular flexibility index (Phi) is 3.46. The molecule has 0 amide bonds. The second-order valence-corrected chi connectivity index (χ2v) is 4.41. The molecule has 2 rings (SSSR count). The van der Waals surface area contributed by atoms with E-state index in [1.807, 2.05) is 13.0 Å². The summed E-state index contributed by atoms with van der Waals surface area (Å²) in [6, 6.07) is 5.95. The van der Waals surface area contributed by atoms with E-state index in [9.17, 15) is 10.2 Å². The van der Waals surface area contributed by atoms with Gasteiger partial charge in [-0.05, 0) is 36.5 Å². The van der Waals surface area contributed by atoms with Crippen molar-refractivity contribution in [2.75, 3.05) is 6.54 Å². The van der Waals surface area contributed by atoms with Gasteiger partial charge in [0.2, 0.25) is 0 Å². The molecular formula is C13H19NO2. The van der Waals surface area contributed by atoms with E-state index in [0.717, 1.165) is 24.8 Å². The summed E-state index contributed by atoms with van der Waals surface area (Å²) in [5.41, 5.74) is 2.24. The van der Waals surface area contributed by atoms with Gasteiger partial charge >= 0.3 is 0 Å². The lowest BCUT2D eigenvalue weighted by Crippen LogP contribution is -2.28. The third-order valence-corrected chi connectivity index (χ3v) is 3.32. The van der Waals surface area contributed by atoms with Gasteiger partial charge in [-0.25, -0.2) is 0 Å². The number of hydrogen-bond acceptors (Lipinski definition) is 3. The van der Waals surface area contributed by atoms with Crippen LogP contribution in [0.15, 0.2) is 18.2 Å². The largest absolute Gasteiger partial charge is 0.508 e. The average molecular weight is 221 g/mol. The molecule has 0 heterocycles. The first kappa shape index (κ1) is 11.4. The molecule has 0 aliphatic heterocycles. The van der Waals surface area contributed by atoms with E-state index in [-0.39, 0.29) is 12.1 Å². The Morgan fingerprint density at radius 1 is 1.50 bits per heavy atom. The van der Waals surface area contributed by atoms with Gasteiger partial charge in [-0.2, -0.15) is 0 Å². The fourth-order valence-corrected chi connectivity index (χ4v) is 2.27. The van der Waals surface area contributed by atoms with Crippen LogP contribution in [0.25, 0.3) is 0 Å². The van der Waals surface area contributed by atoms with Gasteiger partial charge in [0, 0.05) is 12.6 Å². The van der Waals surface area contributed by atoms with Crippen LogP contribution < -0.4 is 5.32 Å². The van der Waals surface area contributed by atoms with E-state index in [0.29, 0.717) is 12.3 Å². The van der Waals surface area contributed by atoms with E-state index in [1.54, 1.807) is 6.07 Å². The monoisotopic (exact) mass is 221 g/mol. The Morgan fingerprint density at radius 3 is 3.06 bits per heavy atom. The molecule has 1 aliphatic rings. The van der Waals surface area contributed by atoms with E-state index < -0.39 is 0 Å². The quantitative estimate of drug-likeness (QED) is 0.726. The van der Waals surface area contributed by atoms with Gasteiger partial charge in [0.15, 0.2) is 0 Å². The van der Waals surface area contributed by atoms with Crippen LogP contribution in [0.1, 0.15) is 36.9 Å². The predicted molar refractivity (Wildman–Crippen MR) is 63.5 cm³/mol. The number of aliphatic hydroxyl groups excluding tert-OH is 1. The van der Waals surface area contributed by atoms with Crippen molar-refractivity contribution in [1.29, 1.82) is 0 Å². The van der Waals surface area contributed by atoms with Gasteiger partial charge in [-0.1, -0.05) is 19.1 Å². The molecule has 0 saturated carbocycles. The van der Waals surface area contributed by atoms with Crippen molar-refractivity contribution in [2.24, 2.45) is 0 Å². The van der Waals surface area contributed by atoms with Crippen molar-refractivity contribution >= 4 is 0 Å². The van der Waals surface area contributed by atoms with Crippen LogP contribution in [-0.2, 0) is 6.42 Å². The standard InChI is InChI=1S/C13H19NO2/c1-2-9(15)8-14-12-7-6-11-10(12)4-3-5-13(11)16/h3-5,9,12,14-16H,2,6-8H2,1H3. The zero-order valence-corrected chi connectivity index (χ0v) is 9.61. The Bertz CT molecular complexity index is 365. The van der Waals surface area contributed by atoms with Gasteiger partial charge < -0.3 is 15.5 Å². The summed E-state index contributed by atoms with van der Waals surface area (Å²) in [5, 5.41) is 22.6. The van der Waals surface area contributed by atoms with Crippen molar-refractivity contribution in [2.45, 2.75) is 38.3 Å². The van der Waals surface area contributed by atoms with E-state index in [1.165, 1.54) is 5.56 Å². The predicted octanol–water partition coefficient (Wildman–Crippen LogP) is 1.74. The Labute approximate surface area is 96.1 Å². The van der Waals surface area contributed by atoms with Crippen LogP contribution in [-0.4, -0.2) is 22.9 Å². The molecule has 0 bridgehead atoms. The molecule has 1 aromatic rings. The van der Waals surface area contributed by atoms with Crippen LogP contribution in [0.5, 0.6) is 5.75 Å². The normalized spacial score (nSPS) is 20.8. The minimum absolute atomic E-state index is 0.277. The van der Waals surface area contributed by atoms with E-state index >= 15 is 0 Å². The fraction of sp³-hybridized carbons (Fsp3) is 0.538. The Balaban J connectivity index is 2.03. The summed E-state index contributed by atoms with van der Waals surface area (Å²) in [6.07, 6.45) is 2.42. The van der Waals surface area contributed by atoms with E-state index in [2.05, 4.69) is 11.4 Å². The van der Waals surface area contributed by atoms with Crippen LogP contribution in [0.3, 0.4) is 0 Å². The number of aliphatic hydroxyl groups is 1. The molecular weight excluding hydrogens is 202 g/mol. The molecule has 1 aromatic carbocycles. The minimum Gasteiger partial charge on any atom is -0.508 e. The maximum atomic E-state index is 9.70. The first-order valence-electron chi connectivity index (χ1n) is 5.94. The maximum absolute atomic E-state index is 9.70. The Hall–Kier alpha value is -1.06. The van der Waals surface area contributed by atoms with Crippen molar-refractivity contribution in [3.05, 3.63) is 29.3 Å². The van der Waals surface area contributed by atoms with Gasteiger partial charge in [-0.3, -0.25) is 0 Å². The number of phenols is 1. The third kappa shape index (κ3) is 2.20. The topological polar surface area (TPSA) is 52.5 Å². The highest BCUT2D eigenvalue weighted by molar-refractivity contribution is 5.44. The molecule has 0 radical (unpaired) electrons. The molecule has 0 aromatic heterocycles. The maximum Gasteiger partial charge on any atom is 0.119 e. The summed E-state index contributed by atoms with van der Waals surface area (Å²) in [5.74, 6) is 0.401. The molecule has 2 atom stereocenters. The van der Waals surface area contributed by atoms with Crippen LogP contribution >= 0.6 is 0 Å². The van der Waals surface area contributed by atoms with E-state index in [4.69, 9.17) is 0 Å². The summed E-state index contributed by atoms with van der Waals surface area (Å²) in [6.45, 7) is 2.59. The highest BCUT2D eigenvalue weighted by atomic mass is 16.3. The van der Waals surface area contributed by atoms with Gasteiger partial charge in [-0.15, -0.1) is 0 Å². The number of aromatic hydroxyl groups is 1. The first-order valence-corrected chi connectivity index (χ1v) is 5.94. The summed E-state index contributed by atoms with van der Waals surface area (Å²) in [7, 11) is 0. The zero-order valence-electron chi connectivity index (χ0n) is 9.61. The van der Waals surface area contributed by atoms with Crippen LogP contribution in [0.4, 0.5) is 0 Å². The third-order valence-electron chi connectivity index (χ3n) is 3.32. The molecule has 3 N–H and O–H groups in total. The second kappa shape index (κ2) is 4.85. The highest BCUT2D eigenvalue weighted by Crippen LogP contribution is 2.36. The van der Waals surface area contributed by atoms with Crippen molar-refractivity contribution in [3.63, 3.8) is 0 Å². The zero-order chi connectivity index (χ0) is 11.5. The molecule has 0 fully saturated rings. The minimum atomic E-state index is -0.277. The number of fused-ring (bicyclic) bond motifs is 1. The summed E-state index contributed by atoms with van der Waals surface area (Å²) < 4.78 is 0. The summed E-state index contributed by atoms with van der Waals surface area (Å²) in [4.78, 5) is 0. The lowest BCUT2D eigenvalue weighted by molar-refractivity contribution is 0.163. The van der Waals surface area contributed by atoms with Gasteiger partial charge in [0.25, 0.3) is 0 Å². The number of benzene rings is 1. The number of hydrogen-bond donors (Lipinski definition) is 3. The van der Waals surface area contributed by atoms with Crippen molar-refractivity contribution < 1.29 is 10.2 Å². The molecule has 3 heteroatoms. The highest BCUT2D eigenvalue weighted by Gasteiger charge is 2.24. The lowest BCUT2D eigenvalue weighted by atomic mass is 10.1. The average Bonchev–Trinajstić information content (AvgIpc) is 2.70. The molecule has 0 saturated heterocycles. The Morgan fingerprint density at radius 2 is 2.31 bits per heavy atom. The molecule has 1 aliphatic carbocycles. The number of phenolic OH excluding ortho intramolecular Hbond substituents is 1. The summed E-state index contributed by atoms with van der Waals surface area (Å²) >= 11 is 0. The molecule has 3 nitrogen and oxygen atoms in total. The first-order chi connectivity index (χ1) is 7.72. The van der Waals surface area contributed by atoms with Gasteiger partial charge in [0.1, 0.15) is 5.75 Å².